The third kappa shape index (κ3) is 2.53. The van der Waals surface area contributed by atoms with Crippen LogP contribution in [0.3, 0.4) is 0 Å². The van der Waals surface area contributed by atoms with Gasteiger partial charge in [0.25, 0.3) is 0 Å². The lowest BCUT2D eigenvalue weighted by atomic mass is 9.74. The third-order valence-electron chi connectivity index (χ3n) is 4.07. The Kier molecular flexibility index (Phi) is 3.85. The Morgan fingerprint density at radius 2 is 1.82 bits per heavy atom. The van der Waals surface area contributed by atoms with Gasteiger partial charge in [-0.2, -0.15) is 0 Å². The van der Waals surface area contributed by atoms with Crippen molar-refractivity contribution in [2.75, 3.05) is 7.11 Å². The molecule has 0 aromatic heterocycles. The number of rotatable bonds is 5. The van der Waals surface area contributed by atoms with Crippen molar-refractivity contribution in [1.82, 2.24) is 0 Å². The molecular weight excluding hydrogens is 212 g/mol. The van der Waals surface area contributed by atoms with Gasteiger partial charge in [-0.15, -0.1) is 0 Å². The Morgan fingerprint density at radius 1 is 1.24 bits per heavy atom. The van der Waals surface area contributed by atoms with E-state index in [1.54, 1.807) is 7.11 Å². The van der Waals surface area contributed by atoms with Gasteiger partial charge in [0.2, 0.25) is 0 Å². The Balaban J connectivity index is 1.99. The van der Waals surface area contributed by atoms with Gasteiger partial charge < -0.3 is 9.84 Å². The molecule has 1 aliphatic rings. The van der Waals surface area contributed by atoms with Crippen LogP contribution in [0.15, 0.2) is 24.3 Å². The number of benzene rings is 1. The summed E-state index contributed by atoms with van der Waals surface area (Å²) < 4.78 is 5.50. The van der Waals surface area contributed by atoms with Crippen LogP contribution >= 0.6 is 0 Å². The van der Waals surface area contributed by atoms with Crippen LogP contribution in [-0.2, 0) is 17.6 Å². The highest BCUT2D eigenvalue weighted by Gasteiger charge is 2.43. The lowest BCUT2D eigenvalue weighted by Crippen LogP contribution is -2.50. The molecule has 17 heavy (non-hydrogen) atoms. The number of ether oxygens (including phenoxy) is 1. The molecule has 1 aromatic carbocycles. The quantitative estimate of drug-likeness (QED) is 0.849. The Labute approximate surface area is 104 Å². The number of methoxy groups -OCH3 is 1. The van der Waals surface area contributed by atoms with Crippen LogP contribution in [0.2, 0.25) is 0 Å². The van der Waals surface area contributed by atoms with E-state index in [0.29, 0.717) is 6.42 Å². The lowest BCUT2D eigenvalue weighted by molar-refractivity contribution is -0.148. The first kappa shape index (κ1) is 12.6. The molecule has 0 heterocycles. The van der Waals surface area contributed by atoms with Crippen LogP contribution in [0.5, 0.6) is 0 Å². The maximum atomic E-state index is 10.3. The summed E-state index contributed by atoms with van der Waals surface area (Å²) in [4.78, 5) is 0. The van der Waals surface area contributed by atoms with E-state index in [9.17, 15) is 5.11 Å². The molecule has 1 aromatic rings. The molecule has 0 aliphatic heterocycles. The minimum absolute atomic E-state index is 0.274. The van der Waals surface area contributed by atoms with Crippen molar-refractivity contribution in [2.24, 2.45) is 0 Å². The summed E-state index contributed by atoms with van der Waals surface area (Å²) in [6.45, 7) is 2.15. The predicted octanol–water partition coefficient (Wildman–Crippen LogP) is 2.72. The molecule has 1 aliphatic carbocycles. The summed E-state index contributed by atoms with van der Waals surface area (Å²) in [5.41, 5.74) is 2.26. The van der Waals surface area contributed by atoms with Crippen LogP contribution in [-0.4, -0.2) is 23.9 Å². The molecule has 1 fully saturated rings. The summed E-state index contributed by atoms with van der Waals surface area (Å²) in [5.74, 6) is 0. The van der Waals surface area contributed by atoms with Crippen molar-refractivity contribution in [3.63, 3.8) is 0 Å². The van der Waals surface area contributed by atoms with Gasteiger partial charge in [0.05, 0.1) is 11.7 Å². The summed E-state index contributed by atoms with van der Waals surface area (Å²) in [6, 6.07) is 8.51. The molecule has 2 rings (SSSR count). The largest absolute Gasteiger partial charge is 0.390 e. The van der Waals surface area contributed by atoms with E-state index >= 15 is 0 Å². The Hall–Kier alpha value is -0.860. The molecule has 1 unspecified atom stereocenters. The molecule has 0 saturated heterocycles. The third-order valence-corrected chi connectivity index (χ3v) is 4.07. The molecule has 0 amide bonds. The minimum Gasteiger partial charge on any atom is -0.390 e. The van der Waals surface area contributed by atoms with Crippen molar-refractivity contribution < 1.29 is 9.84 Å². The van der Waals surface area contributed by atoms with E-state index in [1.807, 2.05) is 0 Å². The molecule has 0 radical (unpaired) electrons. The highest BCUT2D eigenvalue weighted by atomic mass is 16.5. The molecule has 0 spiro atoms. The number of hydrogen-bond donors (Lipinski definition) is 1. The van der Waals surface area contributed by atoms with E-state index in [4.69, 9.17) is 4.74 Å². The first-order valence-corrected chi connectivity index (χ1v) is 6.51. The summed E-state index contributed by atoms with van der Waals surface area (Å²) in [6.07, 6.45) is 4.51. The van der Waals surface area contributed by atoms with Crippen molar-refractivity contribution >= 4 is 0 Å². The SMILES string of the molecule is CCc1ccc(CC(O)C2(OC)CCC2)cc1. The van der Waals surface area contributed by atoms with Gasteiger partial charge in [-0.25, -0.2) is 0 Å². The Bertz CT molecular complexity index is 346. The molecule has 0 bridgehead atoms. The summed E-state index contributed by atoms with van der Waals surface area (Å²) in [7, 11) is 1.71. The fourth-order valence-electron chi connectivity index (χ4n) is 2.52. The summed E-state index contributed by atoms with van der Waals surface area (Å²) in [5, 5.41) is 10.3. The smallest absolute Gasteiger partial charge is 0.0939 e. The van der Waals surface area contributed by atoms with Crippen molar-refractivity contribution in [1.29, 1.82) is 0 Å². The molecule has 1 N–H and O–H groups in total. The number of aliphatic hydroxyl groups excluding tert-OH is 1. The highest BCUT2D eigenvalue weighted by Crippen LogP contribution is 2.39. The predicted molar refractivity (Wildman–Crippen MR) is 69.1 cm³/mol. The maximum absolute atomic E-state index is 10.3. The minimum atomic E-state index is -0.381. The first-order valence-electron chi connectivity index (χ1n) is 6.51. The standard InChI is InChI=1S/C15H22O2/c1-3-12-5-7-13(8-6-12)11-14(16)15(17-2)9-4-10-15/h5-8,14,16H,3-4,9-11H2,1-2H3. The van der Waals surface area contributed by atoms with E-state index in [2.05, 4.69) is 31.2 Å². The van der Waals surface area contributed by atoms with Gasteiger partial charge in [0, 0.05) is 13.5 Å². The van der Waals surface area contributed by atoms with Crippen LogP contribution in [0.25, 0.3) is 0 Å². The monoisotopic (exact) mass is 234 g/mol. The molecule has 94 valence electrons. The zero-order valence-corrected chi connectivity index (χ0v) is 10.8. The van der Waals surface area contributed by atoms with E-state index in [1.165, 1.54) is 17.5 Å². The Morgan fingerprint density at radius 3 is 2.24 bits per heavy atom. The van der Waals surface area contributed by atoms with Gasteiger partial charge in [-0.05, 0) is 36.8 Å². The zero-order valence-electron chi connectivity index (χ0n) is 10.8. The van der Waals surface area contributed by atoms with Crippen LogP contribution in [0.1, 0.15) is 37.3 Å². The van der Waals surface area contributed by atoms with Gasteiger partial charge in [-0.1, -0.05) is 31.2 Å². The average Bonchev–Trinajstić information content (AvgIpc) is 2.29. The summed E-state index contributed by atoms with van der Waals surface area (Å²) >= 11 is 0. The van der Waals surface area contributed by atoms with Gasteiger partial charge >= 0.3 is 0 Å². The van der Waals surface area contributed by atoms with Gasteiger partial charge in [-0.3, -0.25) is 0 Å². The topological polar surface area (TPSA) is 29.5 Å². The van der Waals surface area contributed by atoms with Gasteiger partial charge in [0.1, 0.15) is 0 Å². The molecule has 2 nitrogen and oxygen atoms in total. The fourth-order valence-corrected chi connectivity index (χ4v) is 2.52. The second-order valence-corrected chi connectivity index (χ2v) is 5.01. The van der Waals surface area contributed by atoms with Crippen LogP contribution in [0, 0.1) is 0 Å². The lowest BCUT2D eigenvalue weighted by Gasteiger charge is -2.44. The number of aliphatic hydroxyl groups is 1. The van der Waals surface area contributed by atoms with Crippen molar-refractivity contribution in [2.45, 2.75) is 50.7 Å². The first-order chi connectivity index (χ1) is 8.20. The zero-order chi connectivity index (χ0) is 12.3. The van der Waals surface area contributed by atoms with Gasteiger partial charge in [0.15, 0.2) is 0 Å². The number of aryl methyl sites for hydroxylation is 1. The fraction of sp³-hybridized carbons (Fsp3) is 0.600. The highest BCUT2D eigenvalue weighted by molar-refractivity contribution is 5.23. The van der Waals surface area contributed by atoms with E-state index in [-0.39, 0.29) is 11.7 Å². The van der Waals surface area contributed by atoms with Crippen LogP contribution in [0.4, 0.5) is 0 Å². The molecular formula is C15H22O2. The normalized spacial score (nSPS) is 19.7. The maximum Gasteiger partial charge on any atom is 0.0939 e. The second-order valence-electron chi connectivity index (χ2n) is 5.01. The van der Waals surface area contributed by atoms with Crippen LogP contribution < -0.4 is 0 Å². The second kappa shape index (κ2) is 5.19. The number of hydrogen-bond acceptors (Lipinski definition) is 2. The molecule has 2 heteroatoms. The molecule has 1 saturated carbocycles. The van der Waals surface area contributed by atoms with Crippen molar-refractivity contribution in [3.05, 3.63) is 35.4 Å². The van der Waals surface area contributed by atoms with E-state index in [0.717, 1.165) is 19.3 Å². The average molecular weight is 234 g/mol. The van der Waals surface area contributed by atoms with Crippen molar-refractivity contribution in [3.8, 4) is 0 Å². The van der Waals surface area contributed by atoms with E-state index < -0.39 is 0 Å². The molecule has 1 atom stereocenters.